The van der Waals surface area contributed by atoms with Crippen LogP contribution in [0.4, 0.5) is 0 Å². The van der Waals surface area contributed by atoms with Crippen molar-refractivity contribution < 1.29 is 14.3 Å². The zero-order valence-corrected chi connectivity index (χ0v) is 14.5. The molecule has 1 aliphatic carbocycles. The zero-order chi connectivity index (χ0) is 17.8. The molecule has 7 heteroatoms. The van der Waals surface area contributed by atoms with Crippen molar-refractivity contribution >= 4 is 5.91 Å². The molecule has 2 fully saturated rings. The van der Waals surface area contributed by atoms with Gasteiger partial charge < -0.3 is 14.8 Å². The van der Waals surface area contributed by atoms with Crippen LogP contribution in [0.25, 0.3) is 0 Å². The third kappa shape index (κ3) is 4.23. The molecular formula is C19H22N4O3. The second kappa shape index (κ2) is 7.88. The van der Waals surface area contributed by atoms with Crippen molar-refractivity contribution in [3.8, 4) is 0 Å². The monoisotopic (exact) mass is 354 g/mol. The predicted octanol–water partition coefficient (Wildman–Crippen LogP) is 1.85. The first-order chi connectivity index (χ1) is 12.8. The van der Waals surface area contributed by atoms with Crippen molar-refractivity contribution in [2.24, 2.45) is 0 Å². The van der Waals surface area contributed by atoms with E-state index < -0.39 is 0 Å². The number of pyridine rings is 1. The van der Waals surface area contributed by atoms with E-state index in [-0.39, 0.29) is 18.1 Å². The molecule has 2 aromatic rings. The SMILES string of the molecule is O=C(N[C@@H]1COCC[C@H]1OCc1ccccn1)c1cnc(C2CC2)nc1. The fraction of sp³-hybridized carbons (Fsp3) is 0.474. The van der Waals surface area contributed by atoms with Crippen molar-refractivity contribution in [1.82, 2.24) is 20.3 Å². The minimum Gasteiger partial charge on any atom is -0.379 e. The van der Waals surface area contributed by atoms with Gasteiger partial charge in [0.05, 0.1) is 36.6 Å². The highest BCUT2D eigenvalue weighted by atomic mass is 16.5. The van der Waals surface area contributed by atoms with Crippen LogP contribution in [0.15, 0.2) is 36.8 Å². The molecule has 0 bridgehead atoms. The lowest BCUT2D eigenvalue weighted by Gasteiger charge is -2.32. The Hall–Kier alpha value is -2.38. The summed E-state index contributed by atoms with van der Waals surface area (Å²) in [6.07, 6.45) is 7.84. The summed E-state index contributed by atoms with van der Waals surface area (Å²) in [5.41, 5.74) is 1.33. The Morgan fingerprint density at radius 3 is 2.77 bits per heavy atom. The summed E-state index contributed by atoms with van der Waals surface area (Å²) in [5.74, 6) is 1.11. The lowest BCUT2D eigenvalue weighted by atomic mass is 10.1. The van der Waals surface area contributed by atoms with Crippen LogP contribution in [-0.2, 0) is 16.1 Å². The number of rotatable bonds is 6. The van der Waals surface area contributed by atoms with E-state index in [2.05, 4.69) is 20.3 Å². The fourth-order valence-corrected chi connectivity index (χ4v) is 2.99. The molecule has 1 N–H and O–H groups in total. The molecule has 1 amide bonds. The second-order valence-corrected chi connectivity index (χ2v) is 6.72. The summed E-state index contributed by atoms with van der Waals surface area (Å²) in [5, 5.41) is 3.00. The number of nitrogens with zero attached hydrogens (tertiary/aromatic N) is 3. The number of aromatic nitrogens is 3. The number of nitrogens with one attached hydrogen (secondary N) is 1. The molecule has 2 aliphatic rings. The number of hydrogen-bond donors (Lipinski definition) is 1. The van der Waals surface area contributed by atoms with Gasteiger partial charge in [0, 0.05) is 31.1 Å². The normalized spacial score (nSPS) is 22.8. The third-order valence-electron chi connectivity index (χ3n) is 4.66. The molecule has 7 nitrogen and oxygen atoms in total. The molecular weight excluding hydrogens is 332 g/mol. The maximum atomic E-state index is 12.5. The minimum absolute atomic E-state index is 0.110. The standard InChI is InChI=1S/C19H22N4O3/c24-19(14-9-21-18(22-10-14)13-4-5-13)23-16-12-25-8-6-17(16)26-11-15-3-1-2-7-20-15/h1-3,7,9-10,13,16-17H,4-6,8,11-12H2,(H,23,24)/t16-,17-/m1/s1. The summed E-state index contributed by atoms with van der Waals surface area (Å²) in [6.45, 7) is 1.47. The minimum atomic E-state index is -0.205. The largest absolute Gasteiger partial charge is 0.379 e. The van der Waals surface area contributed by atoms with Gasteiger partial charge in [-0.1, -0.05) is 6.07 Å². The molecule has 1 saturated carbocycles. The Morgan fingerprint density at radius 2 is 2.04 bits per heavy atom. The maximum Gasteiger partial charge on any atom is 0.254 e. The van der Waals surface area contributed by atoms with Gasteiger partial charge in [0.15, 0.2) is 0 Å². The lowest BCUT2D eigenvalue weighted by molar-refractivity contribution is -0.0612. The van der Waals surface area contributed by atoms with Gasteiger partial charge in [-0.15, -0.1) is 0 Å². The number of carbonyl (C=O) groups excluding carboxylic acids is 1. The summed E-state index contributed by atoms with van der Waals surface area (Å²) < 4.78 is 11.5. The van der Waals surface area contributed by atoms with Crippen LogP contribution in [0.2, 0.25) is 0 Å². The molecule has 1 aliphatic heterocycles. The van der Waals surface area contributed by atoms with Gasteiger partial charge >= 0.3 is 0 Å². The summed E-state index contributed by atoms with van der Waals surface area (Å²) in [7, 11) is 0. The van der Waals surface area contributed by atoms with E-state index >= 15 is 0 Å². The Bertz CT molecular complexity index is 734. The first kappa shape index (κ1) is 17.1. The summed E-state index contributed by atoms with van der Waals surface area (Å²) in [4.78, 5) is 25.4. The van der Waals surface area contributed by atoms with E-state index in [1.165, 1.54) is 0 Å². The zero-order valence-electron chi connectivity index (χ0n) is 14.5. The number of carbonyl (C=O) groups is 1. The Morgan fingerprint density at radius 1 is 1.19 bits per heavy atom. The molecule has 1 saturated heterocycles. The summed E-state index contributed by atoms with van der Waals surface area (Å²) >= 11 is 0. The van der Waals surface area contributed by atoms with Gasteiger partial charge in [0.1, 0.15) is 5.82 Å². The van der Waals surface area contributed by atoms with Gasteiger partial charge in [-0.05, 0) is 31.4 Å². The van der Waals surface area contributed by atoms with E-state index in [0.29, 0.717) is 31.3 Å². The molecule has 136 valence electrons. The van der Waals surface area contributed by atoms with Crippen molar-refractivity contribution in [1.29, 1.82) is 0 Å². The Kier molecular flexibility index (Phi) is 5.17. The number of amides is 1. The highest BCUT2D eigenvalue weighted by Gasteiger charge is 2.29. The van der Waals surface area contributed by atoms with Gasteiger partial charge in [-0.2, -0.15) is 0 Å². The fourth-order valence-electron chi connectivity index (χ4n) is 2.99. The molecule has 0 aromatic carbocycles. The van der Waals surface area contributed by atoms with Crippen LogP contribution in [0.3, 0.4) is 0 Å². The van der Waals surface area contributed by atoms with Gasteiger partial charge in [0.2, 0.25) is 0 Å². The maximum absolute atomic E-state index is 12.5. The van der Waals surface area contributed by atoms with E-state index in [4.69, 9.17) is 9.47 Å². The van der Waals surface area contributed by atoms with Crippen molar-refractivity contribution in [3.05, 3.63) is 53.9 Å². The molecule has 0 radical (unpaired) electrons. The van der Waals surface area contributed by atoms with E-state index in [0.717, 1.165) is 30.8 Å². The number of ether oxygens (including phenoxy) is 2. The van der Waals surface area contributed by atoms with Crippen LogP contribution in [-0.4, -0.2) is 46.2 Å². The van der Waals surface area contributed by atoms with Crippen molar-refractivity contribution in [3.63, 3.8) is 0 Å². The van der Waals surface area contributed by atoms with Crippen LogP contribution in [0, 0.1) is 0 Å². The smallest absolute Gasteiger partial charge is 0.254 e. The number of hydrogen-bond acceptors (Lipinski definition) is 6. The highest BCUT2D eigenvalue weighted by Crippen LogP contribution is 2.37. The predicted molar refractivity (Wildman–Crippen MR) is 93.5 cm³/mol. The van der Waals surface area contributed by atoms with Gasteiger partial charge in [-0.25, -0.2) is 9.97 Å². The Labute approximate surface area is 152 Å². The van der Waals surface area contributed by atoms with Crippen molar-refractivity contribution in [2.75, 3.05) is 13.2 Å². The van der Waals surface area contributed by atoms with Gasteiger partial charge in [0.25, 0.3) is 5.91 Å². The lowest BCUT2D eigenvalue weighted by Crippen LogP contribution is -2.50. The van der Waals surface area contributed by atoms with Gasteiger partial charge in [-0.3, -0.25) is 9.78 Å². The average Bonchev–Trinajstić information content (AvgIpc) is 3.53. The molecule has 4 rings (SSSR count). The van der Waals surface area contributed by atoms with Crippen molar-refractivity contribution in [2.45, 2.75) is 43.9 Å². The van der Waals surface area contributed by atoms with E-state index in [1.54, 1.807) is 18.6 Å². The quantitative estimate of drug-likeness (QED) is 0.852. The first-order valence-electron chi connectivity index (χ1n) is 9.01. The molecule has 3 heterocycles. The van der Waals surface area contributed by atoms with Crippen LogP contribution in [0.1, 0.15) is 47.1 Å². The molecule has 2 aromatic heterocycles. The van der Waals surface area contributed by atoms with E-state index in [9.17, 15) is 4.79 Å². The second-order valence-electron chi connectivity index (χ2n) is 6.72. The molecule has 0 spiro atoms. The molecule has 0 unspecified atom stereocenters. The van der Waals surface area contributed by atoms with E-state index in [1.807, 2.05) is 18.2 Å². The summed E-state index contributed by atoms with van der Waals surface area (Å²) in [6, 6.07) is 5.52. The van der Waals surface area contributed by atoms with Crippen LogP contribution >= 0.6 is 0 Å². The molecule has 26 heavy (non-hydrogen) atoms. The Balaban J connectivity index is 1.35. The average molecular weight is 354 g/mol. The third-order valence-corrected chi connectivity index (χ3v) is 4.66. The highest BCUT2D eigenvalue weighted by molar-refractivity contribution is 5.93. The van der Waals surface area contributed by atoms with Crippen LogP contribution < -0.4 is 5.32 Å². The topological polar surface area (TPSA) is 86.2 Å². The van der Waals surface area contributed by atoms with Crippen LogP contribution in [0.5, 0.6) is 0 Å². The molecule has 2 atom stereocenters. The first-order valence-corrected chi connectivity index (χ1v) is 9.01.